The lowest BCUT2D eigenvalue weighted by molar-refractivity contribution is 0.103. The molecule has 1 N–H and O–H groups in total. The zero-order valence-corrected chi connectivity index (χ0v) is 12.2. The van der Waals surface area contributed by atoms with Crippen LogP contribution in [0.25, 0.3) is 11.3 Å². The number of anilines is 1. The van der Waals surface area contributed by atoms with Crippen molar-refractivity contribution in [3.63, 3.8) is 0 Å². The van der Waals surface area contributed by atoms with E-state index in [-0.39, 0.29) is 5.91 Å². The molecule has 0 spiro atoms. The summed E-state index contributed by atoms with van der Waals surface area (Å²) < 4.78 is 0. The van der Waals surface area contributed by atoms with E-state index in [2.05, 4.69) is 15.3 Å². The second-order valence-corrected chi connectivity index (χ2v) is 5.39. The van der Waals surface area contributed by atoms with Gasteiger partial charge in [-0.3, -0.25) is 9.78 Å². The third-order valence-corrected chi connectivity index (χ3v) is 3.80. The van der Waals surface area contributed by atoms with Crippen LogP contribution in [0.3, 0.4) is 0 Å². The fourth-order valence-corrected chi connectivity index (χ4v) is 2.72. The summed E-state index contributed by atoms with van der Waals surface area (Å²) in [6.45, 7) is 1.89. The zero-order valence-electron chi connectivity index (χ0n) is 11.4. The van der Waals surface area contributed by atoms with E-state index in [1.165, 1.54) is 11.3 Å². The number of hydrogen-bond donors (Lipinski definition) is 1. The van der Waals surface area contributed by atoms with Crippen LogP contribution in [0.5, 0.6) is 0 Å². The lowest BCUT2D eigenvalue weighted by Gasteiger charge is -2.06. The van der Waals surface area contributed by atoms with E-state index in [4.69, 9.17) is 0 Å². The molecule has 1 amide bonds. The van der Waals surface area contributed by atoms with Gasteiger partial charge in [0.1, 0.15) is 4.88 Å². The lowest BCUT2D eigenvalue weighted by Crippen LogP contribution is -2.11. The van der Waals surface area contributed by atoms with E-state index in [1.807, 2.05) is 43.3 Å². The van der Waals surface area contributed by atoms with E-state index in [1.54, 1.807) is 17.8 Å². The summed E-state index contributed by atoms with van der Waals surface area (Å²) in [6.07, 6.45) is 1.68. The van der Waals surface area contributed by atoms with E-state index in [0.717, 1.165) is 16.9 Å². The summed E-state index contributed by atoms with van der Waals surface area (Å²) >= 11 is 1.34. The predicted octanol–water partition coefficient (Wildman–Crippen LogP) is 3.77. The van der Waals surface area contributed by atoms with Gasteiger partial charge in [-0.15, -0.1) is 11.3 Å². The first kappa shape index (κ1) is 13.5. The number of aryl methyl sites for hydroxylation is 1. The third kappa shape index (κ3) is 2.98. The van der Waals surface area contributed by atoms with E-state index in [9.17, 15) is 4.79 Å². The van der Waals surface area contributed by atoms with E-state index < -0.39 is 0 Å². The minimum Gasteiger partial charge on any atom is -0.321 e. The molecule has 0 radical (unpaired) electrons. The number of aromatic nitrogens is 2. The molecule has 2 aromatic heterocycles. The van der Waals surface area contributed by atoms with Crippen molar-refractivity contribution in [3.8, 4) is 11.3 Å². The topological polar surface area (TPSA) is 54.9 Å². The number of carbonyl (C=O) groups excluding carboxylic acids is 1. The van der Waals surface area contributed by atoms with Gasteiger partial charge in [0.2, 0.25) is 0 Å². The van der Waals surface area contributed by atoms with Crippen LogP contribution in [0, 0.1) is 6.92 Å². The molecule has 0 aliphatic heterocycles. The number of pyridine rings is 1. The maximum atomic E-state index is 12.4. The summed E-state index contributed by atoms with van der Waals surface area (Å²) in [5, 5.41) is 2.89. The van der Waals surface area contributed by atoms with Crippen molar-refractivity contribution >= 4 is 22.9 Å². The van der Waals surface area contributed by atoms with Gasteiger partial charge in [-0.1, -0.05) is 30.3 Å². The summed E-state index contributed by atoms with van der Waals surface area (Å²) in [4.78, 5) is 21.5. The standard InChI is InChI=1S/C16H13N3OS/c1-11-9-13(7-8-17-11)19-16(20)15-14(18-10-21-15)12-5-3-2-4-6-12/h2-10H,1H3,(H,17,19,20). The van der Waals surface area contributed by atoms with Crippen LogP contribution in [-0.2, 0) is 0 Å². The van der Waals surface area contributed by atoms with Crippen molar-refractivity contribution in [1.29, 1.82) is 0 Å². The van der Waals surface area contributed by atoms with Crippen LogP contribution < -0.4 is 5.32 Å². The average molecular weight is 295 g/mol. The normalized spacial score (nSPS) is 10.3. The van der Waals surface area contributed by atoms with Crippen molar-refractivity contribution in [1.82, 2.24) is 9.97 Å². The Morgan fingerprint density at radius 1 is 1.14 bits per heavy atom. The van der Waals surface area contributed by atoms with Crippen molar-refractivity contribution < 1.29 is 4.79 Å². The van der Waals surface area contributed by atoms with Gasteiger partial charge in [0, 0.05) is 23.1 Å². The van der Waals surface area contributed by atoms with Crippen LogP contribution in [-0.4, -0.2) is 15.9 Å². The van der Waals surface area contributed by atoms with Crippen LogP contribution in [0.4, 0.5) is 5.69 Å². The smallest absolute Gasteiger partial charge is 0.268 e. The molecule has 0 atom stereocenters. The van der Waals surface area contributed by atoms with Crippen molar-refractivity contribution in [2.45, 2.75) is 6.92 Å². The molecule has 104 valence electrons. The largest absolute Gasteiger partial charge is 0.321 e. The molecule has 3 aromatic rings. The first-order valence-electron chi connectivity index (χ1n) is 6.47. The van der Waals surface area contributed by atoms with E-state index >= 15 is 0 Å². The molecular formula is C16H13N3OS. The molecule has 21 heavy (non-hydrogen) atoms. The second-order valence-electron chi connectivity index (χ2n) is 4.54. The summed E-state index contributed by atoms with van der Waals surface area (Å²) in [7, 11) is 0. The monoisotopic (exact) mass is 295 g/mol. The Morgan fingerprint density at radius 2 is 1.95 bits per heavy atom. The molecule has 0 aliphatic rings. The molecule has 0 fully saturated rings. The second kappa shape index (κ2) is 5.85. The Kier molecular flexibility index (Phi) is 3.75. The van der Waals surface area contributed by atoms with Gasteiger partial charge >= 0.3 is 0 Å². The molecule has 0 aliphatic carbocycles. The predicted molar refractivity (Wildman–Crippen MR) is 84.5 cm³/mol. The Morgan fingerprint density at radius 3 is 2.71 bits per heavy atom. The molecule has 5 heteroatoms. The van der Waals surface area contributed by atoms with Crippen molar-refractivity contribution in [2.24, 2.45) is 0 Å². The van der Waals surface area contributed by atoms with Gasteiger partial charge < -0.3 is 5.32 Å². The number of hydrogen-bond acceptors (Lipinski definition) is 4. The molecule has 3 rings (SSSR count). The van der Waals surface area contributed by atoms with Gasteiger partial charge in [-0.25, -0.2) is 4.98 Å². The quantitative estimate of drug-likeness (QED) is 0.800. The van der Waals surface area contributed by atoms with Crippen LogP contribution in [0.2, 0.25) is 0 Å². The minimum absolute atomic E-state index is 0.151. The molecule has 0 unspecified atom stereocenters. The highest BCUT2D eigenvalue weighted by molar-refractivity contribution is 7.12. The van der Waals surface area contributed by atoms with Gasteiger partial charge in [0.05, 0.1) is 11.2 Å². The van der Waals surface area contributed by atoms with Crippen LogP contribution in [0.1, 0.15) is 15.4 Å². The Hall–Kier alpha value is -2.53. The third-order valence-electron chi connectivity index (χ3n) is 2.98. The molecule has 2 heterocycles. The molecule has 0 bridgehead atoms. The number of carbonyl (C=O) groups is 1. The van der Waals surface area contributed by atoms with Crippen LogP contribution in [0.15, 0.2) is 54.2 Å². The molecule has 0 saturated heterocycles. The zero-order chi connectivity index (χ0) is 14.7. The van der Waals surface area contributed by atoms with Gasteiger partial charge in [0.15, 0.2) is 0 Å². The first-order valence-corrected chi connectivity index (χ1v) is 7.35. The fraction of sp³-hybridized carbons (Fsp3) is 0.0625. The lowest BCUT2D eigenvalue weighted by atomic mass is 10.1. The van der Waals surface area contributed by atoms with Crippen molar-refractivity contribution in [3.05, 3.63) is 64.7 Å². The molecule has 0 saturated carbocycles. The number of nitrogens with zero attached hydrogens (tertiary/aromatic N) is 2. The SMILES string of the molecule is Cc1cc(NC(=O)c2scnc2-c2ccccc2)ccn1. The molecule has 4 nitrogen and oxygen atoms in total. The highest BCUT2D eigenvalue weighted by Crippen LogP contribution is 2.26. The number of benzene rings is 1. The first-order chi connectivity index (χ1) is 10.2. The highest BCUT2D eigenvalue weighted by atomic mass is 32.1. The number of nitrogens with one attached hydrogen (secondary N) is 1. The maximum absolute atomic E-state index is 12.4. The molecule has 1 aromatic carbocycles. The Labute approximate surface area is 126 Å². The summed E-state index contributed by atoms with van der Waals surface area (Å²) in [5.41, 5.74) is 4.94. The van der Waals surface area contributed by atoms with Crippen molar-refractivity contribution in [2.75, 3.05) is 5.32 Å². The summed E-state index contributed by atoms with van der Waals surface area (Å²) in [6, 6.07) is 13.3. The fourth-order valence-electron chi connectivity index (χ4n) is 2.02. The maximum Gasteiger partial charge on any atom is 0.268 e. The molecular weight excluding hydrogens is 282 g/mol. The average Bonchev–Trinajstić information content (AvgIpc) is 2.98. The van der Waals surface area contributed by atoms with Crippen LogP contribution >= 0.6 is 11.3 Å². The number of amides is 1. The van der Waals surface area contributed by atoms with Gasteiger partial charge in [-0.05, 0) is 19.1 Å². The highest BCUT2D eigenvalue weighted by Gasteiger charge is 2.16. The van der Waals surface area contributed by atoms with Gasteiger partial charge in [0.25, 0.3) is 5.91 Å². The van der Waals surface area contributed by atoms with Gasteiger partial charge in [-0.2, -0.15) is 0 Å². The number of rotatable bonds is 3. The Bertz CT molecular complexity index is 768. The summed E-state index contributed by atoms with van der Waals surface area (Å²) in [5.74, 6) is -0.151. The minimum atomic E-state index is -0.151. The number of thiazole rings is 1. The Balaban J connectivity index is 1.88. The van der Waals surface area contributed by atoms with E-state index in [0.29, 0.717) is 10.6 Å².